The molecule has 0 saturated carbocycles. The van der Waals surface area contributed by atoms with Crippen LogP contribution in [0, 0.1) is 13.8 Å². The van der Waals surface area contributed by atoms with Gasteiger partial charge in [-0.1, -0.05) is 35.9 Å². The first kappa shape index (κ1) is 28.9. The van der Waals surface area contributed by atoms with E-state index in [-0.39, 0.29) is 6.03 Å². The molecule has 9 nitrogen and oxygen atoms in total. The summed E-state index contributed by atoms with van der Waals surface area (Å²) in [6.45, 7) is 6.62. The first-order valence-corrected chi connectivity index (χ1v) is 17.0. The number of nitrogens with zero attached hydrogens (tertiary/aromatic N) is 5. The third-order valence-corrected chi connectivity index (χ3v) is 10.6. The number of rotatable bonds is 8. The molecule has 0 radical (unpaired) electrons. The molecule has 2 unspecified atom stereocenters. The minimum atomic E-state index is -3.22. The maximum absolute atomic E-state index is 13.4. The molecule has 3 aromatic rings. The summed E-state index contributed by atoms with van der Waals surface area (Å²) in [4.78, 5) is 22.7. The van der Waals surface area contributed by atoms with Crippen LogP contribution in [0.3, 0.4) is 0 Å². The summed E-state index contributed by atoms with van der Waals surface area (Å²) in [5, 5.41) is 3.08. The van der Waals surface area contributed by atoms with Crippen molar-refractivity contribution in [3.05, 3.63) is 77.4 Å². The third-order valence-electron chi connectivity index (χ3n) is 9.30. The van der Waals surface area contributed by atoms with Crippen molar-refractivity contribution in [2.45, 2.75) is 77.0 Å². The van der Waals surface area contributed by atoms with Gasteiger partial charge in [-0.2, -0.15) is 4.31 Å². The first-order valence-electron chi connectivity index (χ1n) is 15.1. The number of carbonyl (C=O) groups excluding carboxylic acids is 1. The van der Waals surface area contributed by atoms with Crippen molar-refractivity contribution in [3.63, 3.8) is 0 Å². The van der Waals surface area contributed by atoms with Crippen molar-refractivity contribution >= 4 is 27.4 Å². The molecule has 0 spiro atoms. The molecule has 2 amide bonds. The fourth-order valence-electron chi connectivity index (χ4n) is 7.30. The van der Waals surface area contributed by atoms with Crippen LogP contribution in [0.2, 0.25) is 0 Å². The second-order valence-corrected chi connectivity index (χ2v) is 14.1. The summed E-state index contributed by atoms with van der Waals surface area (Å²) in [6.07, 6.45) is 7.49. The first-order chi connectivity index (χ1) is 20.2. The van der Waals surface area contributed by atoms with Gasteiger partial charge >= 0.3 is 6.03 Å². The molecule has 2 aromatic carbocycles. The van der Waals surface area contributed by atoms with Crippen LogP contribution in [0.5, 0.6) is 0 Å². The van der Waals surface area contributed by atoms with Crippen LogP contribution in [0.1, 0.15) is 60.9 Å². The van der Waals surface area contributed by atoms with Crippen LogP contribution in [0.4, 0.5) is 16.2 Å². The van der Waals surface area contributed by atoms with Gasteiger partial charge in [0.1, 0.15) is 5.82 Å². The highest BCUT2D eigenvalue weighted by atomic mass is 32.2. The van der Waals surface area contributed by atoms with Crippen LogP contribution in [-0.4, -0.2) is 71.2 Å². The minimum Gasteiger partial charge on any atom is -0.329 e. The Morgan fingerprint density at radius 1 is 1.00 bits per heavy atom. The average Bonchev–Trinajstić information content (AvgIpc) is 3.41. The van der Waals surface area contributed by atoms with E-state index in [1.807, 2.05) is 66.4 Å². The van der Waals surface area contributed by atoms with Crippen molar-refractivity contribution in [3.8, 4) is 0 Å². The molecular formula is C32H42N6O3S. The Hall–Kier alpha value is -3.21. The highest BCUT2D eigenvalue weighted by Gasteiger charge is 2.42. The summed E-state index contributed by atoms with van der Waals surface area (Å²) in [5.41, 5.74) is 5.01. The van der Waals surface area contributed by atoms with Gasteiger partial charge in [0.05, 0.1) is 18.5 Å². The van der Waals surface area contributed by atoms with E-state index >= 15 is 0 Å². The van der Waals surface area contributed by atoms with Gasteiger partial charge in [0, 0.05) is 61.2 Å². The topological polar surface area (TPSA) is 90.8 Å². The molecule has 42 heavy (non-hydrogen) atoms. The zero-order chi connectivity index (χ0) is 29.4. The number of urea groups is 1. The number of sulfonamides is 1. The molecule has 2 saturated heterocycles. The van der Waals surface area contributed by atoms with Gasteiger partial charge < -0.3 is 9.88 Å². The lowest BCUT2D eigenvalue weighted by Crippen LogP contribution is -2.45. The lowest BCUT2D eigenvalue weighted by atomic mass is 9.96. The van der Waals surface area contributed by atoms with Gasteiger partial charge in [0.2, 0.25) is 10.0 Å². The number of amides is 2. The van der Waals surface area contributed by atoms with E-state index in [1.54, 1.807) is 0 Å². The Balaban J connectivity index is 1.10. The number of nitrogens with one attached hydrogen (secondary N) is 1. The highest BCUT2D eigenvalue weighted by molar-refractivity contribution is 7.88. The number of piperidine rings is 1. The third kappa shape index (κ3) is 5.98. The van der Waals surface area contributed by atoms with Crippen molar-refractivity contribution in [1.29, 1.82) is 0 Å². The van der Waals surface area contributed by atoms with E-state index in [0.29, 0.717) is 37.8 Å². The Kier molecular flexibility index (Phi) is 8.13. The number of hydrogen-bond donors (Lipinski definition) is 1. The highest BCUT2D eigenvalue weighted by Crippen LogP contribution is 2.42. The Labute approximate surface area is 249 Å². The number of anilines is 2. The van der Waals surface area contributed by atoms with Crippen molar-refractivity contribution in [2.75, 3.05) is 36.1 Å². The summed E-state index contributed by atoms with van der Waals surface area (Å²) >= 11 is 0. The summed E-state index contributed by atoms with van der Waals surface area (Å²) in [6, 6.07) is 19.1. The van der Waals surface area contributed by atoms with E-state index in [0.717, 1.165) is 60.7 Å². The Morgan fingerprint density at radius 3 is 2.36 bits per heavy atom. The quantitative estimate of drug-likeness (QED) is 0.394. The standard InChI is InChI=1S/C32H42N6O3S/c1-23-10-12-25(13-11-23)34-32(39)37(26-8-5-4-6-9-26)18-7-17-36-27-14-15-28(36)21-29(20-27)38-24(2)33-30-22-35(42(3,40)41)19-16-31(30)38/h4-6,8-13,27-29H,7,14-22H2,1-3H3,(H,34,39). The van der Waals surface area contributed by atoms with Gasteiger partial charge in [0.15, 0.2) is 0 Å². The molecule has 2 atom stereocenters. The predicted molar refractivity (Wildman–Crippen MR) is 166 cm³/mol. The molecule has 6 rings (SSSR count). The van der Waals surface area contributed by atoms with Crippen molar-refractivity contribution < 1.29 is 13.2 Å². The van der Waals surface area contributed by atoms with E-state index in [9.17, 15) is 13.2 Å². The number of fused-ring (bicyclic) bond motifs is 3. The Bertz CT molecular complexity index is 1510. The fraction of sp³-hybridized carbons (Fsp3) is 0.500. The summed E-state index contributed by atoms with van der Waals surface area (Å²) in [5.74, 6) is 1.01. The number of aryl methyl sites for hydroxylation is 2. The zero-order valence-electron chi connectivity index (χ0n) is 24.9. The van der Waals surface area contributed by atoms with Crippen molar-refractivity contribution in [1.82, 2.24) is 18.8 Å². The predicted octanol–water partition coefficient (Wildman–Crippen LogP) is 5.11. The largest absolute Gasteiger partial charge is 0.329 e. The molecule has 1 aromatic heterocycles. The van der Waals surface area contributed by atoms with Crippen LogP contribution >= 0.6 is 0 Å². The number of benzene rings is 2. The van der Waals surface area contributed by atoms with Gasteiger partial charge in [-0.3, -0.25) is 9.80 Å². The molecule has 2 fully saturated rings. The fourth-order valence-corrected chi connectivity index (χ4v) is 8.08. The zero-order valence-corrected chi connectivity index (χ0v) is 25.7. The smallest absolute Gasteiger partial charge is 0.326 e. The van der Waals surface area contributed by atoms with Gasteiger partial charge in [-0.05, 0) is 70.2 Å². The van der Waals surface area contributed by atoms with E-state index in [4.69, 9.17) is 4.98 Å². The molecule has 1 N–H and O–H groups in total. The monoisotopic (exact) mass is 590 g/mol. The van der Waals surface area contributed by atoms with Gasteiger partial charge in [-0.25, -0.2) is 18.2 Å². The molecule has 2 bridgehead atoms. The number of para-hydroxylation sites is 1. The van der Waals surface area contributed by atoms with Gasteiger partial charge in [0.25, 0.3) is 0 Å². The van der Waals surface area contributed by atoms with Crippen LogP contribution in [-0.2, 0) is 23.0 Å². The van der Waals surface area contributed by atoms with Gasteiger partial charge in [-0.15, -0.1) is 0 Å². The number of carbonyl (C=O) groups is 1. The molecule has 3 aliphatic heterocycles. The summed E-state index contributed by atoms with van der Waals surface area (Å²) < 4.78 is 28.2. The second kappa shape index (κ2) is 11.8. The molecule has 224 valence electrons. The average molecular weight is 591 g/mol. The van der Waals surface area contributed by atoms with E-state index in [2.05, 4.69) is 21.7 Å². The maximum Gasteiger partial charge on any atom is 0.326 e. The summed E-state index contributed by atoms with van der Waals surface area (Å²) in [7, 11) is -3.22. The Morgan fingerprint density at radius 2 is 1.69 bits per heavy atom. The van der Waals surface area contributed by atoms with Crippen molar-refractivity contribution in [2.24, 2.45) is 0 Å². The second-order valence-electron chi connectivity index (χ2n) is 12.2. The van der Waals surface area contributed by atoms with E-state index in [1.165, 1.54) is 29.1 Å². The molecule has 0 aliphatic carbocycles. The lowest BCUT2D eigenvalue weighted by Gasteiger charge is -2.41. The number of hydrogen-bond acceptors (Lipinski definition) is 5. The molecular weight excluding hydrogens is 548 g/mol. The van der Waals surface area contributed by atoms with E-state index < -0.39 is 10.0 Å². The molecule has 10 heteroatoms. The lowest BCUT2D eigenvalue weighted by molar-refractivity contribution is 0.104. The van der Waals surface area contributed by atoms with Crippen LogP contribution < -0.4 is 10.2 Å². The molecule has 3 aliphatic rings. The number of imidazole rings is 1. The number of aromatic nitrogens is 2. The maximum atomic E-state index is 13.4. The minimum absolute atomic E-state index is 0.110. The normalized spacial score (nSPS) is 22.6. The SMILES string of the molecule is Cc1ccc(NC(=O)N(CCCN2C3CCC2CC(n2c(C)nc4c2CCN(S(C)(=O)=O)C4)C3)c2ccccc2)cc1. The van der Waals surface area contributed by atoms with Crippen LogP contribution in [0.15, 0.2) is 54.6 Å². The molecule has 4 heterocycles. The van der Waals surface area contributed by atoms with Crippen LogP contribution in [0.25, 0.3) is 0 Å².